The van der Waals surface area contributed by atoms with Crippen LogP contribution in [0.2, 0.25) is 10.0 Å². The van der Waals surface area contributed by atoms with E-state index in [2.05, 4.69) is 44.2 Å². The van der Waals surface area contributed by atoms with Gasteiger partial charge in [0.2, 0.25) is 5.91 Å². The van der Waals surface area contributed by atoms with Crippen molar-refractivity contribution in [1.82, 2.24) is 9.80 Å². The molecule has 218 valence electrons. The molecule has 1 aliphatic carbocycles. The smallest absolute Gasteiger partial charge is 0.238 e. The third-order valence-electron chi connectivity index (χ3n) is 9.44. The van der Waals surface area contributed by atoms with Crippen LogP contribution in [0.3, 0.4) is 0 Å². The molecule has 0 spiro atoms. The van der Waals surface area contributed by atoms with Crippen LogP contribution in [0, 0.1) is 12.5 Å². The van der Waals surface area contributed by atoms with E-state index in [0.29, 0.717) is 33.9 Å². The van der Waals surface area contributed by atoms with Gasteiger partial charge in [-0.05, 0) is 97.6 Å². The van der Waals surface area contributed by atoms with E-state index in [4.69, 9.17) is 29.8 Å². The summed E-state index contributed by atoms with van der Waals surface area (Å²) in [7, 11) is 0. The highest BCUT2D eigenvalue weighted by atomic mass is 35.5. The van der Waals surface area contributed by atoms with Gasteiger partial charge in [0.1, 0.15) is 0 Å². The number of amides is 1. The second-order valence-corrected chi connectivity index (χ2v) is 13.0. The number of piperidine rings is 1. The standard InChI is InChI=1S/C35H38Cl2N4O/c1-38-30-7-5-6-25(19-30)26-10-11-33-27(18-26)14-17-41(23-34(42)39-31-21-28(36)20-29(37)22-31)35(33)24-12-15-40(16-13-24)32-8-3-2-4-9-32/h5-7,10-11,18-22,24,32,35H,2-4,8-9,12-17,23H2,(H,39,42). The quantitative estimate of drug-likeness (QED) is 0.287. The Balaban J connectivity index is 1.24. The monoisotopic (exact) mass is 600 g/mol. The molecular weight excluding hydrogens is 563 g/mol. The molecule has 3 aliphatic rings. The van der Waals surface area contributed by atoms with Crippen LogP contribution in [0.15, 0.2) is 60.7 Å². The SMILES string of the molecule is [C-]#[N+]c1cccc(-c2ccc3c(c2)CCN(CC(=O)Nc2cc(Cl)cc(Cl)c2)C3C2CCN(C3CCCCC3)CC2)c1. The number of hydrogen-bond donors (Lipinski definition) is 1. The van der Waals surface area contributed by atoms with Crippen molar-refractivity contribution < 1.29 is 4.79 Å². The van der Waals surface area contributed by atoms with Gasteiger partial charge in [0, 0.05) is 34.4 Å². The number of halogens is 2. The molecule has 3 aromatic carbocycles. The molecule has 42 heavy (non-hydrogen) atoms. The Hall–Kier alpha value is -2.88. The topological polar surface area (TPSA) is 39.9 Å². The van der Waals surface area contributed by atoms with Crippen LogP contribution >= 0.6 is 23.2 Å². The van der Waals surface area contributed by atoms with Crippen molar-refractivity contribution in [3.05, 3.63) is 93.3 Å². The van der Waals surface area contributed by atoms with Gasteiger partial charge < -0.3 is 10.2 Å². The Kier molecular flexibility index (Phi) is 9.17. The van der Waals surface area contributed by atoms with Crippen molar-refractivity contribution in [2.75, 3.05) is 31.5 Å². The summed E-state index contributed by atoms with van der Waals surface area (Å²) < 4.78 is 0. The summed E-state index contributed by atoms with van der Waals surface area (Å²) >= 11 is 12.4. The molecule has 0 aromatic heterocycles. The van der Waals surface area contributed by atoms with Crippen LogP contribution in [0.4, 0.5) is 11.4 Å². The van der Waals surface area contributed by atoms with Gasteiger partial charge in [-0.25, -0.2) is 4.85 Å². The summed E-state index contributed by atoms with van der Waals surface area (Å²) in [6.07, 6.45) is 9.98. The van der Waals surface area contributed by atoms with E-state index in [1.165, 1.54) is 43.2 Å². The fourth-order valence-corrected chi connectivity index (χ4v) is 7.96. The first-order valence-electron chi connectivity index (χ1n) is 15.3. The van der Waals surface area contributed by atoms with Gasteiger partial charge in [0.25, 0.3) is 0 Å². The molecule has 2 fully saturated rings. The van der Waals surface area contributed by atoms with Crippen LogP contribution in [-0.2, 0) is 11.2 Å². The summed E-state index contributed by atoms with van der Waals surface area (Å²) in [5.74, 6) is 0.447. The highest BCUT2D eigenvalue weighted by molar-refractivity contribution is 6.35. The minimum absolute atomic E-state index is 0.0472. The fraction of sp³-hybridized carbons (Fsp3) is 0.429. The second kappa shape index (κ2) is 13.2. The van der Waals surface area contributed by atoms with E-state index in [1.54, 1.807) is 18.2 Å². The normalized spacial score (nSPS) is 20.5. The minimum atomic E-state index is -0.0472. The summed E-state index contributed by atoms with van der Waals surface area (Å²) in [6, 6.07) is 20.7. The molecule has 0 radical (unpaired) electrons. The predicted molar refractivity (Wildman–Crippen MR) is 172 cm³/mol. The molecule has 6 rings (SSSR count). The van der Waals surface area contributed by atoms with E-state index in [0.717, 1.165) is 56.1 Å². The lowest BCUT2D eigenvalue weighted by Gasteiger charge is -2.46. The molecule has 7 heteroatoms. The van der Waals surface area contributed by atoms with E-state index in [-0.39, 0.29) is 11.9 Å². The van der Waals surface area contributed by atoms with Crippen LogP contribution in [-0.4, -0.2) is 47.9 Å². The van der Waals surface area contributed by atoms with Gasteiger partial charge in [-0.1, -0.05) is 78.9 Å². The molecule has 3 aromatic rings. The van der Waals surface area contributed by atoms with Crippen molar-refractivity contribution in [1.29, 1.82) is 0 Å². The largest absolute Gasteiger partial charge is 0.325 e. The second-order valence-electron chi connectivity index (χ2n) is 12.1. The van der Waals surface area contributed by atoms with Gasteiger partial charge in [0.05, 0.1) is 13.1 Å². The molecule has 1 saturated carbocycles. The van der Waals surface area contributed by atoms with Gasteiger partial charge in [-0.3, -0.25) is 9.69 Å². The molecular formula is C35H38Cl2N4O. The number of benzene rings is 3. The van der Waals surface area contributed by atoms with Crippen LogP contribution in [0.5, 0.6) is 0 Å². The van der Waals surface area contributed by atoms with E-state index < -0.39 is 0 Å². The summed E-state index contributed by atoms with van der Waals surface area (Å²) in [5, 5.41) is 4.04. The van der Waals surface area contributed by atoms with Gasteiger partial charge >= 0.3 is 0 Å². The number of likely N-dealkylation sites (tertiary alicyclic amines) is 1. The Morgan fingerprint density at radius 3 is 2.36 bits per heavy atom. The number of carbonyl (C=O) groups excluding carboxylic acids is 1. The molecule has 1 atom stereocenters. The average Bonchev–Trinajstić information content (AvgIpc) is 3.01. The number of hydrogen-bond acceptors (Lipinski definition) is 3. The van der Waals surface area contributed by atoms with Crippen molar-refractivity contribution in [2.24, 2.45) is 5.92 Å². The Morgan fingerprint density at radius 1 is 0.881 bits per heavy atom. The number of rotatable bonds is 6. The number of fused-ring (bicyclic) bond motifs is 1. The van der Waals surface area contributed by atoms with E-state index in [9.17, 15) is 4.79 Å². The maximum Gasteiger partial charge on any atom is 0.238 e. The first-order chi connectivity index (χ1) is 20.5. The Labute approximate surface area is 259 Å². The zero-order valence-corrected chi connectivity index (χ0v) is 25.5. The third-order valence-corrected chi connectivity index (χ3v) is 9.87. The Morgan fingerprint density at radius 2 is 1.62 bits per heavy atom. The number of nitrogens with one attached hydrogen (secondary N) is 1. The lowest BCUT2D eigenvalue weighted by atomic mass is 9.78. The summed E-state index contributed by atoms with van der Waals surface area (Å²) in [5.41, 5.74) is 6.21. The van der Waals surface area contributed by atoms with Crippen molar-refractivity contribution in [3.63, 3.8) is 0 Å². The van der Waals surface area contributed by atoms with Crippen molar-refractivity contribution in [3.8, 4) is 11.1 Å². The van der Waals surface area contributed by atoms with E-state index in [1.807, 2.05) is 18.2 Å². The number of anilines is 1. The molecule has 1 N–H and O–H groups in total. The van der Waals surface area contributed by atoms with Gasteiger partial charge in [-0.2, -0.15) is 0 Å². The number of nitrogens with zero attached hydrogens (tertiary/aromatic N) is 3. The molecule has 2 aliphatic heterocycles. The molecule has 1 amide bonds. The summed E-state index contributed by atoms with van der Waals surface area (Å²) in [6.45, 7) is 10.9. The molecule has 2 heterocycles. The maximum atomic E-state index is 13.3. The Bertz CT molecular complexity index is 1450. The molecule has 1 saturated heterocycles. The maximum absolute atomic E-state index is 13.3. The zero-order chi connectivity index (χ0) is 29.1. The minimum Gasteiger partial charge on any atom is -0.325 e. The van der Waals surface area contributed by atoms with Crippen LogP contribution in [0.1, 0.15) is 62.1 Å². The first-order valence-corrected chi connectivity index (χ1v) is 16.1. The van der Waals surface area contributed by atoms with E-state index >= 15 is 0 Å². The third kappa shape index (κ3) is 6.68. The molecule has 5 nitrogen and oxygen atoms in total. The lowest BCUT2D eigenvalue weighted by molar-refractivity contribution is -0.118. The highest BCUT2D eigenvalue weighted by Gasteiger charge is 2.37. The van der Waals surface area contributed by atoms with Gasteiger partial charge in [-0.15, -0.1) is 0 Å². The predicted octanol–water partition coefficient (Wildman–Crippen LogP) is 8.79. The summed E-state index contributed by atoms with van der Waals surface area (Å²) in [4.78, 5) is 22.1. The lowest BCUT2D eigenvalue weighted by Crippen LogP contribution is -2.48. The first kappa shape index (κ1) is 29.2. The number of carbonyl (C=O) groups is 1. The molecule has 1 unspecified atom stereocenters. The van der Waals surface area contributed by atoms with Crippen molar-refractivity contribution in [2.45, 2.75) is 63.5 Å². The average molecular weight is 602 g/mol. The van der Waals surface area contributed by atoms with Crippen LogP contribution in [0.25, 0.3) is 16.0 Å². The fourth-order valence-electron chi connectivity index (χ4n) is 7.43. The van der Waals surface area contributed by atoms with Crippen molar-refractivity contribution >= 4 is 40.5 Å². The van der Waals surface area contributed by atoms with Crippen LogP contribution < -0.4 is 5.32 Å². The zero-order valence-electron chi connectivity index (χ0n) is 24.0. The highest BCUT2D eigenvalue weighted by Crippen LogP contribution is 2.42. The van der Waals surface area contributed by atoms with Gasteiger partial charge in [0.15, 0.2) is 5.69 Å². The molecule has 0 bridgehead atoms.